The lowest BCUT2D eigenvalue weighted by atomic mass is 9.79. The van der Waals surface area contributed by atoms with E-state index in [2.05, 4.69) is 0 Å². The fraction of sp³-hybridized carbons (Fsp3) is 0.875. The summed E-state index contributed by atoms with van der Waals surface area (Å²) < 4.78 is 21.5. The highest BCUT2D eigenvalue weighted by atomic mass is 16.6. The summed E-state index contributed by atoms with van der Waals surface area (Å²) in [6.45, 7) is 26.9. The maximum absolute atomic E-state index is 12.5. The van der Waals surface area contributed by atoms with Gasteiger partial charge in [-0.1, -0.05) is 68.2 Å². The van der Waals surface area contributed by atoms with Crippen molar-refractivity contribution in [2.45, 2.75) is 147 Å². The minimum Gasteiger partial charge on any atom is -0.465 e. The molecule has 0 amide bonds. The van der Waals surface area contributed by atoms with Gasteiger partial charge in [0.25, 0.3) is 0 Å². The smallest absolute Gasteiger partial charge is 0.323 e. The summed E-state index contributed by atoms with van der Waals surface area (Å²) in [6.07, 6.45) is 3.19. The van der Waals surface area contributed by atoms with Crippen LogP contribution in [0.1, 0.15) is 135 Å². The molecule has 0 bridgehead atoms. The molecule has 0 aliphatic carbocycles. The molecule has 8 heteroatoms. The molecule has 0 N–H and O–H groups in total. The molecule has 0 heterocycles. The van der Waals surface area contributed by atoms with E-state index < -0.39 is 45.9 Å². The third-order valence-electron chi connectivity index (χ3n) is 6.02. The van der Waals surface area contributed by atoms with Crippen molar-refractivity contribution >= 4 is 23.9 Å². The van der Waals surface area contributed by atoms with E-state index in [-0.39, 0.29) is 11.8 Å². The quantitative estimate of drug-likeness (QED) is 0.120. The molecule has 0 aliphatic rings. The summed E-state index contributed by atoms with van der Waals surface area (Å²) in [5.41, 5.74) is -3.57. The lowest BCUT2D eigenvalue weighted by Crippen LogP contribution is -2.46. The topological polar surface area (TPSA) is 105 Å². The van der Waals surface area contributed by atoms with Gasteiger partial charge in [0.05, 0.1) is 13.2 Å². The van der Waals surface area contributed by atoms with Gasteiger partial charge >= 0.3 is 23.9 Å². The lowest BCUT2D eigenvalue weighted by Gasteiger charge is -2.33. The minimum absolute atomic E-state index is 0.251. The van der Waals surface area contributed by atoms with Crippen LogP contribution in [0.3, 0.4) is 0 Å². The average molecular weight is 573 g/mol. The fourth-order valence-corrected chi connectivity index (χ4v) is 3.89. The molecular weight excluding hydrogens is 512 g/mol. The number of carbonyl (C=O) groups excluding carboxylic acids is 4. The molecular formula is C32H60O8. The first-order valence-electron chi connectivity index (χ1n) is 15.0. The van der Waals surface area contributed by atoms with Crippen molar-refractivity contribution in [2.24, 2.45) is 22.7 Å². The highest BCUT2D eigenvalue weighted by molar-refractivity contribution is 6.00. The van der Waals surface area contributed by atoms with Gasteiger partial charge in [0.1, 0.15) is 11.2 Å². The van der Waals surface area contributed by atoms with Crippen LogP contribution in [0, 0.1) is 22.7 Å². The Morgan fingerprint density at radius 3 is 1.02 bits per heavy atom. The van der Waals surface area contributed by atoms with Crippen LogP contribution in [0.2, 0.25) is 0 Å². The van der Waals surface area contributed by atoms with E-state index in [0.717, 1.165) is 12.8 Å². The maximum Gasteiger partial charge on any atom is 0.323 e. The summed E-state index contributed by atoms with van der Waals surface area (Å²) in [5.74, 6) is -1.34. The number of esters is 4. The van der Waals surface area contributed by atoms with Gasteiger partial charge in [0.15, 0.2) is 10.8 Å². The summed E-state index contributed by atoms with van der Waals surface area (Å²) in [6, 6.07) is 0. The molecule has 0 fully saturated rings. The first-order chi connectivity index (χ1) is 18.2. The van der Waals surface area contributed by atoms with Crippen molar-refractivity contribution < 1.29 is 38.1 Å². The first kappa shape index (κ1) is 40.0. The summed E-state index contributed by atoms with van der Waals surface area (Å²) in [7, 11) is 0. The Labute approximate surface area is 244 Å². The van der Waals surface area contributed by atoms with E-state index in [4.69, 9.17) is 18.9 Å². The third kappa shape index (κ3) is 14.0. The molecule has 0 saturated heterocycles. The van der Waals surface area contributed by atoms with E-state index in [1.807, 2.05) is 41.5 Å². The zero-order valence-electron chi connectivity index (χ0n) is 28.1. The second kappa shape index (κ2) is 17.6. The molecule has 0 aromatic rings. The lowest BCUT2D eigenvalue weighted by molar-refractivity contribution is -0.186. The van der Waals surface area contributed by atoms with Crippen LogP contribution >= 0.6 is 0 Å². The van der Waals surface area contributed by atoms with Crippen molar-refractivity contribution in [3.8, 4) is 0 Å². The molecule has 40 heavy (non-hydrogen) atoms. The van der Waals surface area contributed by atoms with Crippen molar-refractivity contribution in [3.63, 3.8) is 0 Å². The van der Waals surface area contributed by atoms with Crippen LogP contribution in [0.25, 0.3) is 0 Å². The van der Waals surface area contributed by atoms with Crippen LogP contribution < -0.4 is 0 Å². The summed E-state index contributed by atoms with van der Waals surface area (Å²) in [4.78, 5) is 49.7. The number of rotatable bonds is 14. The zero-order chi connectivity index (χ0) is 31.9. The van der Waals surface area contributed by atoms with Crippen LogP contribution in [0.5, 0.6) is 0 Å². The second-order valence-corrected chi connectivity index (χ2v) is 13.4. The van der Waals surface area contributed by atoms with Crippen LogP contribution in [0.15, 0.2) is 0 Å². The second-order valence-electron chi connectivity index (χ2n) is 13.4. The zero-order valence-corrected chi connectivity index (χ0v) is 28.1. The number of carbonyl (C=O) groups is 4. The van der Waals surface area contributed by atoms with Crippen molar-refractivity contribution in [3.05, 3.63) is 0 Å². The van der Waals surface area contributed by atoms with Gasteiger partial charge in [-0.2, -0.15) is 0 Å². The van der Waals surface area contributed by atoms with Crippen LogP contribution in [0.4, 0.5) is 0 Å². The Kier molecular flexibility index (Phi) is 17.6. The third-order valence-corrected chi connectivity index (χ3v) is 6.02. The highest BCUT2D eigenvalue weighted by Crippen LogP contribution is 2.35. The van der Waals surface area contributed by atoms with Crippen molar-refractivity contribution in [1.82, 2.24) is 0 Å². The molecule has 0 atom stereocenters. The Hall–Kier alpha value is -2.12. The van der Waals surface area contributed by atoms with Gasteiger partial charge in [0.2, 0.25) is 0 Å². The van der Waals surface area contributed by atoms with Gasteiger partial charge in [-0.3, -0.25) is 19.2 Å². The molecule has 0 unspecified atom stereocenters. The summed E-state index contributed by atoms with van der Waals surface area (Å²) in [5, 5.41) is 0. The predicted molar refractivity (Wildman–Crippen MR) is 159 cm³/mol. The fourth-order valence-electron chi connectivity index (χ4n) is 3.89. The van der Waals surface area contributed by atoms with E-state index in [1.165, 1.54) is 0 Å². The summed E-state index contributed by atoms with van der Waals surface area (Å²) >= 11 is 0. The Morgan fingerprint density at radius 2 is 0.825 bits per heavy atom. The molecule has 0 aliphatic heterocycles. The maximum atomic E-state index is 12.5. The monoisotopic (exact) mass is 572 g/mol. The Morgan fingerprint density at radius 1 is 0.525 bits per heavy atom. The molecule has 236 valence electrons. The molecule has 0 rings (SSSR count). The van der Waals surface area contributed by atoms with E-state index in [0.29, 0.717) is 38.9 Å². The number of hydrogen-bond donors (Lipinski definition) is 0. The van der Waals surface area contributed by atoms with Crippen molar-refractivity contribution in [2.75, 3.05) is 13.2 Å². The SMILES string of the molecule is CCC(CC)(C(=O)OC(C)(C)C)C(=O)OC(C)(C)C.CCCC(CCC)(C(=O)OCC(C)C)C(=O)OCC(C)C. The van der Waals surface area contributed by atoms with Gasteiger partial charge in [-0.15, -0.1) is 0 Å². The predicted octanol–water partition coefficient (Wildman–Crippen LogP) is 7.45. The van der Waals surface area contributed by atoms with Crippen LogP contribution in [-0.4, -0.2) is 48.3 Å². The van der Waals surface area contributed by atoms with E-state index in [9.17, 15) is 19.2 Å². The van der Waals surface area contributed by atoms with Gasteiger partial charge < -0.3 is 18.9 Å². The molecule has 0 spiro atoms. The number of ether oxygens (including phenoxy) is 4. The molecule has 0 aromatic heterocycles. The van der Waals surface area contributed by atoms with Crippen LogP contribution in [-0.2, 0) is 38.1 Å². The molecule has 0 saturated carbocycles. The molecule has 0 radical (unpaired) electrons. The highest BCUT2D eigenvalue weighted by Gasteiger charge is 2.49. The van der Waals surface area contributed by atoms with E-state index >= 15 is 0 Å². The Balaban J connectivity index is 0. The average Bonchev–Trinajstić information content (AvgIpc) is 2.80. The van der Waals surface area contributed by atoms with E-state index in [1.54, 1.807) is 55.4 Å². The number of hydrogen-bond acceptors (Lipinski definition) is 8. The normalized spacial score (nSPS) is 12.4. The minimum atomic E-state index is -1.21. The van der Waals surface area contributed by atoms with Gasteiger partial charge in [-0.05, 0) is 79.1 Å². The van der Waals surface area contributed by atoms with Crippen molar-refractivity contribution in [1.29, 1.82) is 0 Å². The largest absolute Gasteiger partial charge is 0.465 e. The standard InChI is InChI=1S/C17H32O4.C15H28O4/c1-7-9-17(10-8-2,15(18)20-11-13(3)4)16(19)21-12-14(5)6;1-9-15(10-2,11(16)18-13(3,4)5)12(17)19-14(6,7)8/h13-14H,7-12H2,1-6H3;9-10H2,1-8H3. The first-order valence-corrected chi connectivity index (χ1v) is 15.0. The Bertz CT molecular complexity index is 718. The molecule has 8 nitrogen and oxygen atoms in total. The van der Waals surface area contributed by atoms with Gasteiger partial charge in [0, 0.05) is 0 Å². The van der Waals surface area contributed by atoms with Gasteiger partial charge in [-0.25, -0.2) is 0 Å². The molecule has 0 aromatic carbocycles.